The zero-order valence-corrected chi connectivity index (χ0v) is 11.9. The smallest absolute Gasteiger partial charge is 0.273 e. The van der Waals surface area contributed by atoms with Gasteiger partial charge >= 0.3 is 0 Å². The number of nitrogens with zero attached hydrogens (tertiary/aromatic N) is 1. The molecule has 1 aromatic rings. The van der Waals surface area contributed by atoms with E-state index in [1.54, 1.807) is 0 Å². The molecule has 0 saturated carbocycles. The number of aromatic nitrogens is 1. The third-order valence-electron chi connectivity index (χ3n) is 3.80. The predicted molar refractivity (Wildman–Crippen MR) is 73.1 cm³/mol. The molecule has 2 N–H and O–H groups in total. The van der Waals surface area contributed by atoms with Crippen molar-refractivity contribution >= 4 is 5.91 Å². The van der Waals surface area contributed by atoms with Crippen molar-refractivity contribution in [3.63, 3.8) is 0 Å². The molecular weight excluding hydrogens is 242 g/mol. The summed E-state index contributed by atoms with van der Waals surface area (Å²) in [4.78, 5) is 16.3. The first-order valence-electron chi connectivity index (χ1n) is 7.05. The van der Waals surface area contributed by atoms with Gasteiger partial charge in [0.1, 0.15) is 6.26 Å². The maximum absolute atomic E-state index is 12.0. The molecule has 1 amide bonds. The highest BCUT2D eigenvalue weighted by Gasteiger charge is 2.22. The van der Waals surface area contributed by atoms with Crippen molar-refractivity contribution in [1.29, 1.82) is 0 Å². The minimum atomic E-state index is -0.148. The molecule has 19 heavy (non-hydrogen) atoms. The molecule has 1 aromatic heterocycles. The SMILES string of the molecule is CC(C)C(C)NC(=O)c1coc(C2CCNCC2)n1. The van der Waals surface area contributed by atoms with Gasteiger partial charge in [-0.1, -0.05) is 13.8 Å². The van der Waals surface area contributed by atoms with Crippen LogP contribution in [0, 0.1) is 5.92 Å². The van der Waals surface area contributed by atoms with Gasteiger partial charge in [-0.25, -0.2) is 4.98 Å². The molecule has 1 saturated heterocycles. The summed E-state index contributed by atoms with van der Waals surface area (Å²) in [5.41, 5.74) is 0.390. The maximum Gasteiger partial charge on any atom is 0.273 e. The molecule has 5 nitrogen and oxygen atoms in total. The minimum Gasteiger partial charge on any atom is -0.448 e. The number of hydrogen-bond acceptors (Lipinski definition) is 4. The van der Waals surface area contributed by atoms with Crippen LogP contribution in [0.25, 0.3) is 0 Å². The Kier molecular flexibility index (Phi) is 4.58. The van der Waals surface area contributed by atoms with E-state index in [1.165, 1.54) is 6.26 Å². The van der Waals surface area contributed by atoms with Gasteiger partial charge in [0.25, 0.3) is 5.91 Å². The summed E-state index contributed by atoms with van der Waals surface area (Å²) in [6, 6.07) is 0.131. The van der Waals surface area contributed by atoms with E-state index in [2.05, 4.69) is 29.5 Å². The average Bonchev–Trinajstić information content (AvgIpc) is 2.89. The fraction of sp³-hybridized carbons (Fsp3) is 0.714. The van der Waals surface area contributed by atoms with Gasteiger partial charge in [-0.15, -0.1) is 0 Å². The average molecular weight is 265 g/mol. The number of piperidine rings is 1. The van der Waals surface area contributed by atoms with Crippen LogP contribution in [0.1, 0.15) is 55.9 Å². The Morgan fingerprint density at radius 3 is 2.74 bits per heavy atom. The van der Waals surface area contributed by atoms with Crippen molar-refractivity contribution in [2.24, 2.45) is 5.92 Å². The van der Waals surface area contributed by atoms with E-state index in [0.29, 0.717) is 23.4 Å². The van der Waals surface area contributed by atoms with Crippen molar-refractivity contribution in [2.45, 2.75) is 45.6 Å². The lowest BCUT2D eigenvalue weighted by Gasteiger charge is -2.19. The first-order chi connectivity index (χ1) is 9.08. The number of carbonyl (C=O) groups excluding carboxylic acids is 1. The molecule has 2 rings (SSSR count). The number of nitrogens with one attached hydrogen (secondary N) is 2. The van der Waals surface area contributed by atoms with Gasteiger partial charge in [0.15, 0.2) is 11.6 Å². The molecule has 1 aliphatic rings. The second-order valence-electron chi connectivity index (χ2n) is 5.60. The largest absolute Gasteiger partial charge is 0.448 e. The van der Waals surface area contributed by atoms with Gasteiger partial charge in [-0.3, -0.25) is 4.79 Å². The summed E-state index contributed by atoms with van der Waals surface area (Å²) in [5, 5.41) is 6.24. The maximum atomic E-state index is 12.0. The summed E-state index contributed by atoms with van der Waals surface area (Å²) in [7, 11) is 0. The Labute approximate surface area is 114 Å². The normalized spacial score (nSPS) is 18.5. The van der Waals surface area contributed by atoms with Gasteiger partial charge in [0, 0.05) is 12.0 Å². The highest BCUT2D eigenvalue weighted by atomic mass is 16.3. The van der Waals surface area contributed by atoms with Crippen LogP contribution >= 0.6 is 0 Å². The van der Waals surface area contributed by atoms with Crippen LogP contribution in [0.3, 0.4) is 0 Å². The zero-order chi connectivity index (χ0) is 13.8. The number of amides is 1. The topological polar surface area (TPSA) is 67.2 Å². The molecular formula is C14H23N3O2. The number of oxazole rings is 1. The van der Waals surface area contributed by atoms with Gasteiger partial charge in [-0.05, 0) is 38.8 Å². The van der Waals surface area contributed by atoms with E-state index in [4.69, 9.17) is 4.42 Å². The van der Waals surface area contributed by atoms with E-state index in [-0.39, 0.29) is 11.9 Å². The molecule has 0 aliphatic carbocycles. The Balaban J connectivity index is 1.98. The summed E-state index contributed by atoms with van der Waals surface area (Å²) >= 11 is 0. The van der Waals surface area contributed by atoms with E-state index in [1.807, 2.05) is 6.92 Å². The number of carbonyl (C=O) groups is 1. The molecule has 2 heterocycles. The minimum absolute atomic E-state index is 0.131. The second-order valence-corrected chi connectivity index (χ2v) is 5.60. The molecule has 106 valence electrons. The van der Waals surface area contributed by atoms with Crippen molar-refractivity contribution < 1.29 is 9.21 Å². The zero-order valence-electron chi connectivity index (χ0n) is 11.9. The Morgan fingerprint density at radius 2 is 2.11 bits per heavy atom. The first-order valence-corrected chi connectivity index (χ1v) is 7.05. The molecule has 0 radical (unpaired) electrons. The lowest BCUT2D eigenvalue weighted by atomic mass is 9.98. The van der Waals surface area contributed by atoms with Gasteiger partial charge in [0.05, 0.1) is 0 Å². The molecule has 5 heteroatoms. The van der Waals surface area contributed by atoms with E-state index < -0.39 is 0 Å². The first kappa shape index (κ1) is 14.1. The summed E-state index contributed by atoms with van der Waals surface area (Å²) in [6.07, 6.45) is 3.51. The van der Waals surface area contributed by atoms with Crippen LogP contribution in [0.5, 0.6) is 0 Å². The summed E-state index contributed by atoms with van der Waals surface area (Å²) in [5.74, 6) is 1.29. The quantitative estimate of drug-likeness (QED) is 0.872. The van der Waals surface area contributed by atoms with E-state index in [0.717, 1.165) is 25.9 Å². The van der Waals surface area contributed by atoms with Crippen molar-refractivity contribution in [1.82, 2.24) is 15.6 Å². The highest BCUT2D eigenvalue weighted by Crippen LogP contribution is 2.24. The Morgan fingerprint density at radius 1 is 1.42 bits per heavy atom. The second kappa shape index (κ2) is 6.19. The van der Waals surface area contributed by atoms with Gasteiger partial charge < -0.3 is 15.1 Å². The van der Waals surface area contributed by atoms with Crippen LogP contribution in [0.4, 0.5) is 0 Å². The Hall–Kier alpha value is -1.36. The molecule has 1 unspecified atom stereocenters. The van der Waals surface area contributed by atoms with Crippen LogP contribution in [0.2, 0.25) is 0 Å². The summed E-state index contributed by atoms with van der Waals surface area (Å²) in [6.45, 7) is 8.12. The van der Waals surface area contributed by atoms with Gasteiger partial charge in [-0.2, -0.15) is 0 Å². The summed E-state index contributed by atoms with van der Waals surface area (Å²) < 4.78 is 5.47. The standard InChI is InChI=1S/C14H23N3O2/c1-9(2)10(3)16-13(18)12-8-19-14(17-12)11-4-6-15-7-5-11/h8-11,15H,4-7H2,1-3H3,(H,16,18). The number of hydrogen-bond donors (Lipinski definition) is 2. The number of rotatable bonds is 4. The third-order valence-corrected chi connectivity index (χ3v) is 3.80. The lowest BCUT2D eigenvalue weighted by Crippen LogP contribution is -2.36. The van der Waals surface area contributed by atoms with E-state index >= 15 is 0 Å². The van der Waals surface area contributed by atoms with Crippen LogP contribution in [-0.2, 0) is 0 Å². The van der Waals surface area contributed by atoms with Crippen LogP contribution < -0.4 is 10.6 Å². The fourth-order valence-electron chi connectivity index (χ4n) is 2.10. The molecule has 0 spiro atoms. The predicted octanol–water partition coefficient (Wildman–Crippen LogP) is 1.92. The lowest BCUT2D eigenvalue weighted by molar-refractivity contribution is 0.0925. The monoisotopic (exact) mass is 265 g/mol. The van der Waals surface area contributed by atoms with Crippen LogP contribution in [-0.4, -0.2) is 30.0 Å². The third kappa shape index (κ3) is 3.56. The molecule has 0 bridgehead atoms. The van der Waals surface area contributed by atoms with Gasteiger partial charge in [0.2, 0.25) is 0 Å². The molecule has 1 fully saturated rings. The Bertz CT molecular complexity index is 422. The molecule has 0 aromatic carbocycles. The van der Waals surface area contributed by atoms with E-state index in [9.17, 15) is 4.79 Å². The molecule has 1 atom stereocenters. The molecule has 1 aliphatic heterocycles. The van der Waals surface area contributed by atoms with Crippen molar-refractivity contribution in [2.75, 3.05) is 13.1 Å². The van der Waals surface area contributed by atoms with Crippen molar-refractivity contribution in [3.8, 4) is 0 Å². The van der Waals surface area contributed by atoms with Crippen molar-refractivity contribution in [3.05, 3.63) is 17.8 Å². The fourth-order valence-corrected chi connectivity index (χ4v) is 2.10. The van der Waals surface area contributed by atoms with Crippen LogP contribution in [0.15, 0.2) is 10.7 Å². The highest BCUT2D eigenvalue weighted by molar-refractivity contribution is 5.92.